The Morgan fingerprint density at radius 1 is 1.27 bits per heavy atom. The first kappa shape index (κ1) is 14.7. The minimum atomic E-state index is 0.331. The van der Waals surface area contributed by atoms with E-state index in [0.717, 1.165) is 37.6 Å². The number of aromatic nitrogens is 3. The lowest BCUT2D eigenvalue weighted by Gasteiger charge is -2.24. The first-order valence-corrected chi connectivity index (χ1v) is 7.59. The van der Waals surface area contributed by atoms with E-state index in [1.54, 1.807) is 12.4 Å². The Morgan fingerprint density at radius 2 is 2.23 bits per heavy atom. The van der Waals surface area contributed by atoms with Gasteiger partial charge in [-0.25, -0.2) is 4.98 Å². The van der Waals surface area contributed by atoms with Crippen LogP contribution in [0.15, 0.2) is 36.7 Å². The molecule has 1 aliphatic rings. The van der Waals surface area contributed by atoms with Gasteiger partial charge in [0.05, 0.1) is 24.9 Å². The van der Waals surface area contributed by atoms with Crippen molar-refractivity contribution in [1.82, 2.24) is 15.0 Å². The standard InChI is InChI=1S/C16H21N5O/c1-21(11-13-5-2-3-8-17-13)16-18-9-7-15(20-16)19-14-6-4-10-22-12-14/h2-3,5,7-9,14H,4,6,10-12H2,1H3,(H,18,19,20)/t14-/m1/s1. The van der Waals surface area contributed by atoms with E-state index in [0.29, 0.717) is 18.5 Å². The van der Waals surface area contributed by atoms with Crippen LogP contribution in [0.2, 0.25) is 0 Å². The van der Waals surface area contributed by atoms with Crippen LogP contribution in [0.4, 0.5) is 11.8 Å². The van der Waals surface area contributed by atoms with Gasteiger partial charge in [-0.15, -0.1) is 0 Å². The minimum Gasteiger partial charge on any atom is -0.379 e. The highest BCUT2D eigenvalue weighted by atomic mass is 16.5. The summed E-state index contributed by atoms with van der Waals surface area (Å²) in [7, 11) is 1.97. The predicted octanol–water partition coefficient (Wildman–Crippen LogP) is 2.10. The molecule has 0 aromatic carbocycles. The average molecular weight is 299 g/mol. The first-order chi connectivity index (χ1) is 10.8. The van der Waals surface area contributed by atoms with Crippen molar-refractivity contribution >= 4 is 11.8 Å². The number of pyridine rings is 1. The molecule has 22 heavy (non-hydrogen) atoms. The smallest absolute Gasteiger partial charge is 0.227 e. The second kappa shape index (κ2) is 7.17. The van der Waals surface area contributed by atoms with Crippen molar-refractivity contribution in [2.45, 2.75) is 25.4 Å². The zero-order valence-electron chi connectivity index (χ0n) is 12.8. The van der Waals surface area contributed by atoms with E-state index >= 15 is 0 Å². The van der Waals surface area contributed by atoms with E-state index in [1.165, 1.54) is 0 Å². The van der Waals surface area contributed by atoms with Crippen LogP contribution in [-0.2, 0) is 11.3 Å². The van der Waals surface area contributed by atoms with Crippen molar-refractivity contribution < 1.29 is 4.74 Å². The topological polar surface area (TPSA) is 63.2 Å². The largest absolute Gasteiger partial charge is 0.379 e. The van der Waals surface area contributed by atoms with Gasteiger partial charge in [0.15, 0.2) is 0 Å². The molecule has 0 amide bonds. The van der Waals surface area contributed by atoms with E-state index in [-0.39, 0.29) is 0 Å². The summed E-state index contributed by atoms with van der Waals surface area (Å²) in [6.45, 7) is 2.28. The number of nitrogens with one attached hydrogen (secondary N) is 1. The molecule has 0 unspecified atom stereocenters. The molecule has 0 aliphatic carbocycles. The molecule has 3 heterocycles. The number of nitrogens with zero attached hydrogens (tertiary/aromatic N) is 4. The van der Waals surface area contributed by atoms with Gasteiger partial charge in [0.1, 0.15) is 5.82 Å². The number of hydrogen-bond acceptors (Lipinski definition) is 6. The molecular weight excluding hydrogens is 278 g/mol. The van der Waals surface area contributed by atoms with Crippen molar-refractivity contribution in [1.29, 1.82) is 0 Å². The Labute approximate surface area is 130 Å². The van der Waals surface area contributed by atoms with Gasteiger partial charge in [-0.3, -0.25) is 4.98 Å². The molecule has 6 heteroatoms. The van der Waals surface area contributed by atoms with Crippen LogP contribution < -0.4 is 10.2 Å². The van der Waals surface area contributed by atoms with Gasteiger partial charge in [0.25, 0.3) is 0 Å². The number of ether oxygens (including phenoxy) is 1. The van der Waals surface area contributed by atoms with Gasteiger partial charge >= 0.3 is 0 Å². The molecule has 1 saturated heterocycles. The van der Waals surface area contributed by atoms with E-state index in [9.17, 15) is 0 Å². The molecule has 1 N–H and O–H groups in total. The first-order valence-electron chi connectivity index (χ1n) is 7.59. The monoisotopic (exact) mass is 299 g/mol. The maximum Gasteiger partial charge on any atom is 0.227 e. The molecule has 3 rings (SSSR count). The Bertz CT molecular complexity index is 586. The SMILES string of the molecule is CN(Cc1ccccn1)c1nccc(N[C@@H]2CCCOC2)n1. The highest BCUT2D eigenvalue weighted by molar-refractivity contribution is 5.41. The van der Waals surface area contributed by atoms with Crippen LogP contribution in [0.3, 0.4) is 0 Å². The third kappa shape index (κ3) is 3.92. The number of anilines is 2. The summed E-state index contributed by atoms with van der Waals surface area (Å²) in [6.07, 6.45) is 5.78. The van der Waals surface area contributed by atoms with Gasteiger partial charge < -0.3 is 15.0 Å². The lowest BCUT2D eigenvalue weighted by atomic mass is 10.1. The normalized spacial score (nSPS) is 18.0. The molecule has 1 fully saturated rings. The van der Waals surface area contributed by atoms with Crippen molar-refractivity contribution in [2.75, 3.05) is 30.5 Å². The molecule has 6 nitrogen and oxygen atoms in total. The quantitative estimate of drug-likeness (QED) is 0.912. The summed E-state index contributed by atoms with van der Waals surface area (Å²) in [5.41, 5.74) is 0.993. The molecule has 1 atom stereocenters. The van der Waals surface area contributed by atoms with Crippen molar-refractivity contribution in [3.63, 3.8) is 0 Å². The van der Waals surface area contributed by atoms with Gasteiger partial charge in [0.2, 0.25) is 5.95 Å². The Hall–Kier alpha value is -2.21. The van der Waals surface area contributed by atoms with Crippen LogP contribution in [0.1, 0.15) is 18.5 Å². The molecule has 1 aliphatic heterocycles. The minimum absolute atomic E-state index is 0.331. The van der Waals surface area contributed by atoms with Gasteiger partial charge in [0, 0.05) is 26.0 Å². The van der Waals surface area contributed by atoms with Crippen molar-refractivity contribution in [2.24, 2.45) is 0 Å². The number of rotatable bonds is 5. The molecular formula is C16H21N5O. The van der Waals surface area contributed by atoms with E-state index in [2.05, 4.69) is 20.3 Å². The zero-order valence-corrected chi connectivity index (χ0v) is 12.8. The predicted molar refractivity (Wildman–Crippen MR) is 85.8 cm³/mol. The maximum atomic E-state index is 5.49. The summed E-state index contributed by atoms with van der Waals surface area (Å²) in [4.78, 5) is 15.2. The Morgan fingerprint density at radius 3 is 3.00 bits per heavy atom. The summed E-state index contributed by atoms with van der Waals surface area (Å²) in [6, 6.07) is 8.12. The maximum absolute atomic E-state index is 5.49. The fourth-order valence-corrected chi connectivity index (χ4v) is 2.48. The molecule has 2 aromatic heterocycles. The summed E-state index contributed by atoms with van der Waals surface area (Å²) < 4.78 is 5.49. The van der Waals surface area contributed by atoms with E-state index in [4.69, 9.17) is 4.74 Å². The van der Waals surface area contributed by atoms with Crippen molar-refractivity contribution in [3.8, 4) is 0 Å². The lowest BCUT2D eigenvalue weighted by Crippen LogP contribution is -2.30. The third-order valence-corrected chi connectivity index (χ3v) is 3.62. The van der Waals surface area contributed by atoms with Gasteiger partial charge in [-0.2, -0.15) is 4.98 Å². The Balaban J connectivity index is 1.64. The fraction of sp³-hybridized carbons (Fsp3) is 0.438. The zero-order chi connectivity index (χ0) is 15.2. The molecule has 0 saturated carbocycles. The third-order valence-electron chi connectivity index (χ3n) is 3.62. The van der Waals surface area contributed by atoms with E-state index in [1.807, 2.05) is 36.2 Å². The van der Waals surface area contributed by atoms with Crippen LogP contribution in [-0.4, -0.2) is 41.3 Å². The van der Waals surface area contributed by atoms with Gasteiger partial charge in [-0.05, 0) is 31.0 Å². The van der Waals surface area contributed by atoms with Crippen LogP contribution in [0, 0.1) is 0 Å². The second-order valence-electron chi connectivity index (χ2n) is 5.48. The van der Waals surface area contributed by atoms with Crippen LogP contribution in [0.5, 0.6) is 0 Å². The lowest BCUT2D eigenvalue weighted by molar-refractivity contribution is 0.0875. The number of hydrogen-bond donors (Lipinski definition) is 1. The highest BCUT2D eigenvalue weighted by Crippen LogP contribution is 2.15. The highest BCUT2D eigenvalue weighted by Gasteiger charge is 2.14. The second-order valence-corrected chi connectivity index (χ2v) is 5.48. The molecule has 0 spiro atoms. The van der Waals surface area contributed by atoms with Crippen molar-refractivity contribution in [3.05, 3.63) is 42.4 Å². The molecule has 2 aromatic rings. The molecule has 116 valence electrons. The average Bonchev–Trinajstić information content (AvgIpc) is 2.57. The molecule has 0 radical (unpaired) electrons. The van der Waals surface area contributed by atoms with Gasteiger partial charge in [-0.1, -0.05) is 6.07 Å². The van der Waals surface area contributed by atoms with E-state index < -0.39 is 0 Å². The summed E-state index contributed by atoms with van der Waals surface area (Å²) >= 11 is 0. The fourth-order valence-electron chi connectivity index (χ4n) is 2.48. The van der Waals surface area contributed by atoms with Crippen LogP contribution >= 0.6 is 0 Å². The Kier molecular flexibility index (Phi) is 4.80. The van der Waals surface area contributed by atoms with Crippen LogP contribution in [0.25, 0.3) is 0 Å². The summed E-state index contributed by atoms with van der Waals surface area (Å²) in [5, 5.41) is 3.42. The molecule has 0 bridgehead atoms. The summed E-state index contributed by atoms with van der Waals surface area (Å²) in [5.74, 6) is 1.53.